The Morgan fingerprint density at radius 1 is 1.04 bits per heavy atom. The van der Waals surface area contributed by atoms with Crippen LogP contribution in [0, 0.1) is 6.07 Å². The molecule has 5 heteroatoms. The average Bonchev–Trinajstić information content (AvgIpc) is 3.11. The fraction of sp³-hybridized carbons (Fsp3) is 0.167. The second kappa shape index (κ2) is 5.75. The number of rotatable bonds is 2. The number of nitrogens with zero attached hydrogens (tertiary/aromatic N) is 2. The van der Waals surface area contributed by atoms with E-state index < -0.39 is 8.07 Å². The quantitative estimate of drug-likeness (QED) is 0.308. The van der Waals surface area contributed by atoms with E-state index in [0.29, 0.717) is 0 Å². The summed E-state index contributed by atoms with van der Waals surface area (Å²) in [5, 5.41) is 8.18. The Morgan fingerprint density at radius 2 is 1.83 bits per heavy atom. The Hall–Kier alpha value is -1.68. The summed E-state index contributed by atoms with van der Waals surface area (Å²) >= 11 is 0. The fourth-order valence-electron chi connectivity index (χ4n) is 2.69. The number of fused-ring (bicyclic) bond motifs is 3. The molecule has 4 aromatic rings. The predicted molar refractivity (Wildman–Crippen MR) is 92.7 cm³/mol. The van der Waals surface area contributed by atoms with E-state index in [4.69, 9.17) is 9.52 Å². The maximum absolute atomic E-state index is 6.05. The van der Waals surface area contributed by atoms with Crippen molar-refractivity contribution in [3.63, 3.8) is 0 Å². The van der Waals surface area contributed by atoms with Crippen LogP contribution >= 0.6 is 0 Å². The second-order valence-electron chi connectivity index (χ2n) is 6.56. The van der Waals surface area contributed by atoms with Crippen molar-refractivity contribution in [2.24, 2.45) is 0 Å². The van der Waals surface area contributed by atoms with Gasteiger partial charge in [-0.3, -0.25) is 4.68 Å². The Balaban J connectivity index is 0.00000156. The molecule has 0 unspecified atom stereocenters. The Labute approximate surface area is 149 Å². The van der Waals surface area contributed by atoms with E-state index in [2.05, 4.69) is 37.8 Å². The molecule has 0 atom stereocenters. The molecule has 4 rings (SSSR count). The molecule has 0 spiro atoms. The zero-order chi connectivity index (χ0) is 15.3. The van der Waals surface area contributed by atoms with E-state index >= 15 is 0 Å². The molecule has 119 valence electrons. The van der Waals surface area contributed by atoms with Crippen molar-refractivity contribution in [2.45, 2.75) is 19.6 Å². The molecule has 0 bridgehead atoms. The number of hydrogen-bond acceptors (Lipinski definition) is 2. The molecule has 0 amide bonds. The van der Waals surface area contributed by atoms with Crippen LogP contribution in [0.5, 0.6) is 0 Å². The van der Waals surface area contributed by atoms with Crippen molar-refractivity contribution < 1.29 is 24.5 Å². The van der Waals surface area contributed by atoms with Crippen molar-refractivity contribution in [1.82, 2.24) is 9.78 Å². The van der Waals surface area contributed by atoms with E-state index in [1.165, 1.54) is 5.32 Å². The van der Waals surface area contributed by atoms with Crippen molar-refractivity contribution in [2.75, 3.05) is 0 Å². The van der Waals surface area contributed by atoms with Gasteiger partial charge in [-0.2, -0.15) is 23.3 Å². The van der Waals surface area contributed by atoms with Crippen LogP contribution in [-0.2, 0) is 20.1 Å². The van der Waals surface area contributed by atoms with Gasteiger partial charge < -0.3 is 4.42 Å². The van der Waals surface area contributed by atoms with Gasteiger partial charge >= 0.3 is 0 Å². The van der Waals surface area contributed by atoms with Crippen LogP contribution in [0.15, 0.2) is 53.1 Å². The third kappa shape index (κ3) is 2.69. The maximum Gasteiger partial charge on any atom is 0.116 e. The Kier molecular flexibility index (Phi) is 4.04. The smallest absolute Gasteiger partial charge is 0.116 e. The van der Waals surface area contributed by atoms with E-state index in [0.717, 1.165) is 27.6 Å². The summed E-state index contributed by atoms with van der Waals surface area (Å²) in [5.74, 6) is 0. The summed E-state index contributed by atoms with van der Waals surface area (Å²) in [4.78, 5) is 0. The van der Waals surface area contributed by atoms with Crippen LogP contribution in [0.1, 0.15) is 0 Å². The van der Waals surface area contributed by atoms with Crippen LogP contribution in [-0.4, -0.2) is 17.9 Å². The Morgan fingerprint density at radius 3 is 2.57 bits per heavy atom. The third-order valence-corrected chi connectivity index (χ3v) is 5.71. The largest absolute Gasteiger partial charge is 0.513 e. The first-order valence-electron chi connectivity index (χ1n) is 7.42. The SMILES string of the molecule is C[Si](C)(C)c1ccn(-c2[c-]ccc3c2oc2ccccc23)n1.[Ir]. The second-order valence-corrected chi connectivity index (χ2v) is 11.6. The molecule has 0 aliphatic rings. The summed E-state index contributed by atoms with van der Waals surface area (Å²) in [6.45, 7) is 6.89. The molecule has 0 saturated carbocycles. The fourth-order valence-corrected chi connectivity index (χ4v) is 3.68. The van der Waals surface area contributed by atoms with E-state index in [9.17, 15) is 0 Å². The first-order valence-corrected chi connectivity index (χ1v) is 10.9. The van der Waals surface area contributed by atoms with Gasteiger partial charge in [0.2, 0.25) is 0 Å². The number of hydrogen-bond donors (Lipinski definition) is 0. The third-order valence-electron chi connectivity index (χ3n) is 3.91. The zero-order valence-corrected chi connectivity index (χ0v) is 16.6. The monoisotopic (exact) mass is 498 g/mol. The average molecular weight is 498 g/mol. The molecular weight excluding hydrogens is 481 g/mol. The zero-order valence-electron chi connectivity index (χ0n) is 13.3. The molecule has 23 heavy (non-hydrogen) atoms. The minimum absolute atomic E-state index is 0. The molecule has 0 aliphatic heterocycles. The molecular formula is C18H17IrN2OSi-. The van der Waals surface area contributed by atoms with Gasteiger partial charge in [0.05, 0.1) is 0 Å². The molecule has 2 aromatic carbocycles. The number of furan rings is 1. The first-order chi connectivity index (χ1) is 10.5. The molecule has 2 aromatic heterocycles. The summed E-state index contributed by atoms with van der Waals surface area (Å²) in [6.07, 6.45) is 2.01. The van der Waals surface area contributed by atoms with Gasteiger partial charge in [-0.1, -0.05) is 43.2 Å². The van der Waals surface area contributed by atoms with Gasteiger partial charge in [0.15, 0.2) is 0 Å². The number of para-hydroxylation sites is 1. The van der Waals surface area contributed by atoms with Crippen molar-refractivity contribution in [1.29, 1.82) is 0 Å². The summed E-state index contributed by atoms with van der Waals surface area (Å²) in [5.41, 5.74) is 2.61. The number of benzene rings is 2. The van der Waals surface area contributed by atoms with Crippen molar-refractivity contribution >= 4 is 35.3 Å². The van der Waals surface area contributed by atoms with Gasteiger partial charge in [-0.15, -0.1) is 0 Å². The van der Waals surface area contributed by atoms with Crippen molar-refractivity contribution in [3.8, 4) is 5.69 Å². The van der Waals surface area contributed by atoms with Crippen LogP contribution in [0.3, 0.4) is 0 Å². The van der Waals surface area contributed by atoms with Crippen LogP contribution in [0.25, 0.3) is 27.6 Å². The molecule has 1 radical (unpaired) electrons. The summed E-state index contributed by atoms with van der Waals surface area (Å²) < 4.78 is 7.94. The molecule has 0 N–H and O–H groups in total. The normalized spacial score (nSPS) is 11.8. The molecule has 0 saturated heterocycles. The van der Waals surface area contributed by atoms with Gasteiger partial charge in [0, 0.05) is 42.6 Å². The number of aromatic nitrogens is 2. The molecule has 0 aliphatic carbocycles. The van der Waals surface area contributed by atoms with Crippen LogP contribution in [0.4, 0.5) is 0 Å². The first kappa shape index (κ1) is 16.2. The van der Waals surface area contributed by atoms with Gasteiger partial charge in [-0.25, -0.2) is 0 Å². The minimum atomic E-state index is -1.42. The van der Waals surface area contributed by atoms with E-state index in [1.807, 2.05) is 41.2 Å². The summed E-state index contributed by atoms with van der Waals surface area (Å²) in [6, 6.07) is 17.5. The van der Waals surface area contributed by atoms with Crippen LogP contribution < -0.4 is 5.32 Å². The molecule has 3 nitrogen and oxygen atoms in total. The molecule has 2 heterocycles. The van der Waals surface area contributed by atoms with Gasteiger partial charge in [0.1, 0.15) is 13.7 Å². The summed E-state index contributed by atoms with van der Waals surface area (Å²) in [7, 11) is -1.42. The maximum atomic E-state index is 6.05. The van der Waals surface area contributed by atoms with Gasteiger partial charge in [-0.05, 0) is 17.8 Å². The van der Waals surface area contributed by atoms with Gasteiger partial charge in [0.25, 0.3) is 0 Å². The van der Waals surface area contributed by atoms with Crippen LogP contribution in [0.2, 0.25) is 19.6 Å². The molecule has 0 fully saturated rings. The standard InChI is InChI=1S/C18H17N2OSi.Ir/c1-22(2,3)17-11-12-20(19-17)15-9-6-8-14-13-7-4-5-10-16(13)21-18(14)15;/h4-8,10-12H,1-3H3;/q-1;. The minimum Gasteiger partial charge on any atom is -0.513 e. The van der Waals surface area contributed by atoms with E-state index in [-0.39, 0.29) is 20.1 Å². The topological polar surface area (TPSA) is 31.0 Å². The predicted octanol–water partition coefficient (Wildman–Crippen LogP) is 4.11. The van der Waals surface area contributed by atoms with E-state index in [1.54, 1.807) is 0 Å². The van der Waals surface area contributed by atoms with Crippen molar-refractivity contribution in [3.05, 3.63) is 54.7 Å². The Bertz CT molecular complexity index is 981.